The molecule has 0 spiro atoms. The lowest BCUT2D eigenvalue weighted by molar-refractivity contribution is 0.261. The predicted molar refractivity (Wildman–Crippen MR) is 78.6 cm³/mol. The van der Waals surface area contributed by atoms with Crippen LogP contribution in [-0.4, -0.2) is 30.3 Å². The van der Waals surface area contributed by atoms with Crippen molar-refractivity contribution in [2.24, 2.45) is 5.73 Å². The van der Waals surface area contributed by atoms with Gasteiger partial charge >= 0.3 is 0 Å². The van der Waals surface area contributed by atoms with Gasteiger partial charge in [-0.3, -0.25) is 4.98 Å². The molecule has 1 fully saturated rings. The minimum atomic E-state index is -3.50. The third-order valence-corrected chi connectivity index (χ3v) is 6.02. The highest BCUT2D eigenvalue weighted by Gasteiger charge is 2.32. The molecular formula is C14H23N3O2S. The molecule has 1 aromatic heterocycles. The van der Waals surface area contributed by atoms with Crippen LogP contribution in [0.5, 0.6) is 0 Å². The van der Waals surface area contributed by atoms with E-state index in [1.807, 2.05) is 6.92 Å². The average Bonchev–Trinajstić information content (AvgIpc) is 2.48. The summed E-state index contributed by atoms with van der Waals surface area (Å²) in [7, 11) is -3.50. The van der Waals surface area contributed by atoms with Crippen molar-refractivity contribution < 1.29 is 8.42 Å². The van der Waals surface area contributed by atoms with Gasteiger partial charge in [-0.2, -0.15) is 4.31 Å². The van der Waals surface area contributed by atoms with Gasteiger partial charge in [0, 0.05) is 25.3 Å². The number of nitrogens with two attached hydrogens (primary N) is 1. The molecule has 0 saturated heterocycles. The van der Waals surface area contributed by atoms with Crippen LogP contribution >= 0.6 is 0 Å². The van der Waals surface area contributed by atoms with Gasteiger partial charge in [-0.25, -0.2) is 8.42 Å². The van der Waals surface area contributed by atoms with Gasteiger partial charge in [0.25, 0.3) is 0 Å². The molecule has 1 aromatic rings. The van der Waals surface area contributed by atoms with Crippen molar-refractivity contribution in [3.05, 3.63) is 24.0 Å². The molecule has 2 N–H and O–H groups in total. The Kier molecular flexibility index (Phi) is 5.12. The summed E-state index contributed by atoms with van der Waals surface area (Å²) in [6.07, 6.45) is 6.89. The topological polar surface area (TPSA) is 76.3 Å². The fourth-order valence-electron chi connectivity index (χ4n) is 2.93. The normalized spacial score (nSPS) is 17.6. The maximum absolute atomic E-state index is 12.9. The van der Waals surface area contributed by atoms with E-state index in [-0.39, 0.29) is 17.5 Å². The molecule has 0 aromatic carbocycles. The highest BCUT2D eigenvalue weighted by Crippen LogP contribution is 2.28. The fourth-order valence-corrected chi connectivity index (χ4v) is 4.81. The summed E-state index contributed by atoms with van der Waals surface area (Å²) >= 11 is 0. The van der Waals surface area contributed by atoms with E-state index >= 15 is 0 Å². The Hall–Kier alpha value is -0.980. The van der Waals surface area contributed by atoms with Crippen molar-refractivity contribution in [2.45, 2.75) is 56.5 Å². The lowest BCUT2D eigenvalue weighted by Gasteiger charge is -2.32. The number of nitrogens with zero attached hydrogens (tertiary/aromatic N) is 2. The van der Waals surface area contributed by atoms with Crippen LogP contribution < -0.4 is 5.73 Å². The molecule has 112 valence electrons. The maximum Gasteiger partial charge on any atom is 0.245 e. The second kappa shape index (κ2) is 6.65. The standard InChI is InChI=1S/C14H23N3O2S/c1-2-17(12-7-4-3-5-8-12)20(18,19)14-9-6-10-16-13(14)11-15/h6,9-10,12H,2-5,7-8,11,15H2,1H3. The second-order valence-electron chi connectivity index (χ2n) is 5.15. The summed E-state index contributed by atoms with van der Waals surface area (Å²) in [4.78, 5) is 4.35. The van der Waals surface area contributed by atoms with Gasteiger partial charge in [-0.05, 0) is 25.0 Å². The molecular weight excluding hydrogens is 274 g/mol. The summed E-state index contributed by atoms with van der Waals surface area (Å²) in [6.45, 7) is 2.52. The lowest BCUT2D eigenvalue weighted by atomic mass is 9.95. The quantitative estimate of drug-likeness (QED) is 0.900. The van der Waals surface area contributed by atoms with Crippen LogP contribution in [0.4, 0.5) is 0 Å². The third-order valence-electron chi connectivity index (χ3n) is 3.92. The van der Waals surface area contributed by atoms with Crippen molar-refractivity contribution >= 4 is 10.0 Å². The van der Waals surface area contributed by atoms with Gasteiger partial charge < -0.3 is 5.73 Å². The molecule has 0 unspecified atom stereocenters. The molecule has 0 aliphatic heterocycles. The lowest BCUT2D eigenvalue weighted by Crippen LogP contribution is -2.41. The summed E-state index contributed by atoms with van der Waals surface area (Å²) in [5.74, 6) is 0. The van der Waals surface area contributed by atoms with Crippen LogP contribution in [0, 0.1) is 0 Å². The summed E-state index contributed by atoms with van der Waals surface area (Å²) in [6, 6.07) is 3.38. The number of sulfonamides is 1. The minimum absolute atomic E-state index is 0.115. The van der Waals surface area contributed by atoms with Crippen molar-refractivity contribution in [3.63, 3.8) is 0 Å². The van der Waals surface area contributed by atoms with Crippen LogP contribution in [0.1, 0.15) is 44.7 Å². The number of aromatic nitrogens is 1. The zero-order valence-electron chi connectivity index (χ0n) is 12.0. The van der Waals surface area contributed by atoms with Gasteiger partial charge in [0.1, 0.15) is 4.90 Å². The van der Waals surface area contributed by atoms with Crippen LogP contribution in [0.3, 0.4) is 0 Å². The first-order valence-corrected chi connectivity index (χ1v) is 8.71. The first-order valence-electron chi connectivity index (χ1n) is 7.27. The van der Waals surface area contributed by atoms with Crippen molar-refractivity contribution in [1.82, 2.24) is 9.29 Å². The van der Waals surface area contributed by atoms with Crippen LogP contribution in [0.25, 0.3) is 0 Å². The van der Waals surface area contributed by atoms with Crippen LogP contribution in [0.2, 0.25) is 0 Å². The molecule has 1 aliphatic rings. The van der Waals surface area contributed by atoms with Crippen molar-refractivity contribution in [3.8, 4) is 0 Å². The Labute approximate surface area is 121 Å². The zero-order valence-corrected chi connectivity index (χ0v) is 12.8. The predicted octanol–water partition coefficient (Wildman–Crippen LogP) is 1.88. The molecule has 0 radical (unpaired) electrons. The van der Waals surface area contributed by atoms with E-state index < -0.39 is 10.0 Å². The molecule has 5 nitrogen and oxygen atoms in total. The first kappa shape index (κ1) is 15.4. The first-order chi connectivity index (χ1) is 9.61. The molecule has 0 atom stereocenters. The van der Waals surface area contributed by atoms with E-state index in [0.29, 0.717) is 12.2 Å². The van der Waals surface area contributed by atoms with Gasteiger partial charge in [-0.1, -0.05) is 26.2 Å². The Bertz CT molecular complexity index is 539. The maximum atomic E-state index is 12.9. The van der Waals surface area contributed by atoms with Gasteiger partial charge in [0.2, 0.25) is 10.0 Å². The fraction of sp³-hybridized carbons (Fsp3) is 0.643. The smallest absolute Gasteiger partial charge is 0.245 e. The number of hydrogen-bond donors (Lipinski definition) is 1. The third kappa shape index (κ3) is 3.02. The molecule has 1 aliphatic carbocycles. The number of hydrogen-bond acceptors (Lipinski definition) is 4. The van der Waals surface area contributed by atoms with E-state index in [4.69, 9.17) is 5.73 Å². The van der Waals surface area contributed by atoms with Gasteiger partial charge in [0.05, 0.1) is 5.69 Å². The van der Waals surface area contributed by atoms with Crippen molar-refractivity contribution in [1.29, 1.82) is 0 Å². The Morgan fingerprint density at radius 1 is 1.35 bits per heavy atom. The SMILES string of the molecule is CCN(C1CCCCC1)S(=O)(=O)c1cccnc1CN. The Morgan fingerprint density at radius 2 is 2.05 bits per heavy atom. The van der Waals surface area contributed by atoms with E-state index in [2.05, 4.69) is 4.98 Å². The van der Waals surface area contributed by atoms with E-state index in [1.54, 1.807) is 22.6 Å². The molecule has 6 heteroatoms. The molecule has 2 rings (SSSR count). The van der Waals surface area contributed by atoms with Gasteiger partial charge in [-0.15, -0.1) is 0 Å². The molecule has 20 heavy (non-hydrogen) atoms. The highest BCUT2D eigenvalue weighted by atomic mass is 32.2. The zero-order chi connectivity index (χ0) is 14.6. The molecule has 0 amide bonds. The largest absolute Gasteiger partial charge is 0.325 e. The average molecular weight is 297 g/mol. The van der Waals surface area contributed by atoms with Crippen LogP contribution in [0.15, 0.2) is 23.2 Å². The number of pyridine rings is 1. The number of rotatable bonds is 5. The Balaban J connectivity index is 2.35. The van der Waals surface area contributed by atoms with Crippen LogP contribution in [-0.2, 0) is 16.6 Å². The minimum Gasteiger partial charge on any atom is -0.325 e. The van der Waals surface area contributed by atoms with E-state index in [0.717, 1.165) is 25.7 Å². The van der Waals surface area contributed by atoms with E-state index in [9.17, 15) is 8.42 Å². The molecule has 1 saturated carbocycles. The molecule has 0 bridgehead atoms. The van der Waals surface area contributed by atoms with Crippen molar-refractivity contribution in [2.75, 3.05) is 6.54 Å². The van der Waals surface area contributed by atoms with E-state index in [1.165, 1.54) is 6.42 Å². The monoisotopic (exact) mass is 297 g/mol. The summed E-state index contributed by atoms with van der Waals surface area (Å²) < 4.78 is 27.4. The summed E-state index contributed by atoms with van der Waals surface area (Å²) in [5.41, 5.74) is 6.07. The highest BCUT2D eigenvalue weighted by molar-refractivity contribution is 7.89. The molecule has 1 heterocycles. The summed E-state index contributed by atoms with van der Waals surface area (Å²) in [5, 5.41) is 0. The second-order valence-corrected chi connectivity index (χ2v) is 7.01. The van der Waals surface area contributed by atoms with Gasteiger partial charge in [0.15, 0.2) is 0 Å². The Morgan fingerprint density at radius 3 is 2.65 bits per heavy atom.